The summed E-state index contributed by atoms with van der Waals surface area (Å²) in [5, 5.41) is 3.46. The van der Waals surface area contributed by atoms with Gasteiger partial charge < -0.3 is 4.42 Å². The van der Waals surface area contributed by atoms with Gasteiger partial charge in [-0.1, -0.05) is 190 Å². The van der Waals surface area contributed by atoms with E-state index in [1.165, 1.54) is 49.9 Å². The molecule has 5 nitrogen and oxygen atoms in total. The van der Waals surface area contributed by atoms with E-state index in [9.17, 15) is 0 Å². The van der Waals surface area contributed by atoms with Crippen LogP contribution in [0.2, 0.25) is 0 Å². The molecule has 1 fully saturated rings. The number of nitrogens with zero attached hydrogens (tertiary/aromatic N) is 4. The van der Waals surface area contributed by atoms with Crippen molar-refractivity contribution in [3.8, 4) is 73.0 Å². The molecule has 3 aliphatic carbocycles. The van der Waals surface area contributed by atoms with Gasteiger partial charge in [-0.2, -0.15) is 9.97 Å². The minimum absolute atomic E-state index is 0.0322. The van der Waals surface area contributed by atoms with Gasteiger partial charge in [-0.3, -0.25) is 4.57 Å². The summed E-state index contributed by atoms with van der Waals surface area (Å²) < 4.78 is 8.82. The molecule has 0 aliphatic heterocycles. The van der Waals surface area contributed by atoms with Crippen molar-refractivity contribution in [1.29, 1.82) is 0 Å². The monoisotopic (exact) mass is 922 g/mol. The average molecular weight is 923 g/mol. The summed E-state index contributed by atoms with van der Waals surface area (Å²) in [5.74, 6) is 3.48. The van der Waals surface area contributed by atoms with Crippen molar-refractivity contribution >= 4 is 44.4 Å². The molecule has 0 spiro atoms. The van der Waals surface area contributed by atoms with Gasteiger partial charge in [0.1, 0.15) is 11.3 Å². The highest BCUT2D eigenvalue weighted by atomic mass is 16.3. The molecule has 9 aromatic carbocycles. The molecule has 3 heterocycles. The molecular formula is C67H46N4O. The van der Waals surface area contributed by atoms with E-state index < -0.39 is 0 Å². The van der Waals surface area contributed by atoms with Crippen molar-refractivity contribution in [3.05, 3.63) is 241 Å². The van der Waals surface area contributed by atoms with Crippen molar-refractivity contribution in [1.82, 2.24) is 19.5 Å². The first-order valence-corrected chi connectivity index (χ1v) is 25.1. The lowest BCUT2D eigenvalue weighted by molar-refractivity contribution is 0.596. The number of para-hydroxylation sites is 2. The van der Waals surface area contributed by atoms with Gasteiger partial charge in [0.2, 0.25) is 5.95 Å². The molecule has 2 atom stereocenters. The van der Waals surface area contributed by atoms with Gasteiger partial charge >= 0.3 is 0 Å². The van der Waals surface area contributed by atoms with Gasteiger partial charge in [-0.15, -0.1) is 0 Å². The Kier molecular flexibility index (Phi) is 8.83. The molecular weight excluding hydrogens is 877 g/mol. The zero-order valence-electron chi connectivity index (χ0n) is 39.8. The predicted molar refractivity (Wildman–Crippen MR) is 294 cm³/mol. The molecule has 3 aliphatic rings. The molecule has 15 rings (SSSR count). The fraction of sp³-hybridized carbons (Fsp3) is 0.0896. The number of hydrogen-bond donors (Lipinski definition) is 0. The van der Waals surface area contributed by atoms with E-state index >= 15 is 0 Å². The molecule has 0 N–H and O–H groups in total. The molecule has 1 saturated carbocycles. The van der Waals surface area contributed by atoms with E-state index in [1.54, 1.807) is 0 Å². The summed E-state index contributed by atoms with van der Waals surface area (Å²) in [6.45, 7) is 4.68. The zero-order valence-corrected chi connectivity index (χ0v) is 39.8. The smallest absolute Gasteiger partial charge is 0.238 e. The van der Waals surface area contributed by atoms with Crippen LogP contribution in [0, 0.1) is 5.92 Å². The third-order valence-electron chi connectivity index (χ3n) is 15.8. The lowest BCUT2D eigenvalue weighted by Gasteiger charge is -2.21. The molecule has 0 saturated heterocycles. The predicted octanol–water partition coefficient (Wildman–Crippen LogP) is 17.0. The Morgan fingerprint density at radius 1 is 0.444 bits per heavy atom. The van der Waals surface area contributed by atoms with Crippen LogP contribution in [0.15, 0.2) is 217 Å². The highest BCUT2D eigenvalue weighted by Crippen LogP contribution is 2.61. The van der Waals surface area contributed by atoms with Crippen LogP contribution in [0.3, 0.4) is 0 Å². The number of furan rings is 1. The summed E-state index contributed by atoms with van der Waals surface area (Å²) in [4.78, 5) is 16.2. The van der Waals surface area contributed by atoms with Crippen molar-refractivity contribution in [2.24, 2.45) is 5.92 Å². The number of aromatic nitrogens is 4. The van der Waals surface area contributed by atoms with Crippen LogP contribution in [0.1, 0.15) is 54.5 Å². The van der Waals surface area contributed by atoms with E-state index in [0.29, 0.717) is 29.4 Å². The van der Waals surface area contributed by atoms with E-state index in [-0.39, 0.29) is 5.41 Å². The first kappa shape index (κ1) is 40.9. The summed E-state index contributed by atoms with van der Waals surface area (Å²) in [7, 11) is 0. The van der Waals surface area contributed by atoms with Gasteiger partial charge in [0.05, 0.1) is 11.0 Å². The number of rotatable bonds is 7. The molecule has 5 heteroatoms. The Bertz CT molecular complexity index is 4230. The van der Waals surface area contributed by atoms with Crippen LogP contribution in [-0.2, 0) is 5.41 Å². The minimum atomic E-state index is -0.0322. The van der Waals surface area contributed by atoms with Crippen LogP contribution in [0.25, 0.3) is 117 Å². The molecule has 340 valence electrons. The first-order chi connectivity index (χ1) is 35.4. The third kappa shape index (κ3) is 6.30. The highest BCUT2D eigenvalue weighted by Gasteiger charge is 2.48. The van der Waals surface area contributed by atoms with Crippen molar-refractivity contribution in [2.45, 2.75) is 31.6 Å². The molecule has 0 bridgehead atoms. The first-order valence-electron chi connectivity index (χ1n) is 25.1. The minimum Gasteiger partial charge on any atom is -0.456 e. The van der Waals surface area contributed by atoms with Crippen LogP contribution >= 0.6 is 0 Å². The molecule has 0 amide bonds. The third-order valence-corrected chi connectivity index (χ3v) is 15.8. The van der Waals surface area contributed by atoms with Gasteiger partial charge in [-0.25, -0.2) is 4.98 Å². The van der Waals surface area contributed by atoms with Crippen molar-refractivity contribution in [3.63, 3.8) is 0 Å². The summed E-state index contributed by atoms with van der Waals surface area (Å²) in [6, 6.07) is 76.7. The second kappa shape index (κ2) is 15.5. The average Bonchev–Trinajstić information content (AvgIpc) is 3.96. The Labute approximate surface area is 417 Å². The maximum absolute atomic E-state index is 6.54. The summed E-state index contributed by atoms with van der Waals surface area (Å²) in [5.41, 5.74) is 21.0. The fourth-order valence-corrected chi connectivity index (χ4v) is 12.2. The number of allylic oxidation sites excluding steroid dienone is 1. The van der Waals surface area contributed by atoms with Gasteiger partial charge in [0.25, 0.3) is 0 Å². The van der Waals surface area contributed by atoms with Crippen molar-refractivity contribution < 1.29 is 4.42 Å². The quantitative estimate of drug-likeness (QED) is 0.160. The fourth-order valence-electron chi connectivity index (χ4n) is 12.2. The number of hydrogen-bond acceptors (Lipinski definition) is 4. The van der Waals surface area contributed by atoms with Gasteiger partial charge in [0, 0.05) is 43.8 Å². The van der Waals surface area contributed by atoms with Crippen LogP contribution in [0.4, 0.5) is 0 Å². The maximum atomic E-state index is 6.54. The Morgan fingerprint density at radius 2 is 1.04 bits per heavy atom. The van der Waals surface area contributed by atoms with Crippen molar-refractivity contribution in [2.75, 3.05) is 0 Å². The van der Waals surface area contributed by atoms with Gasteiger partial charge in [-0.05, 0) is 122 Å². The number of benzene rings is 9. The zero-order chi connectivity index (χ0) is 47.7. The molecule has 2 unspecified atom stereocenters. The van der Waals surface area contributed by atoms with E-state index in [0.717, 1.165) is 78.5 Å². The second-order valence-corrected chi connectivity index (χ2v) is 20.3. The van der Waals surface area contributed by atoms with E-state index in [4.69, 9.17) is 19.4 Å². The molecule has 12 aromatic rings. The topological polar surface area (TPSA) is 56.7 Å². The Balaban J connectivity index is 0.910. The summed E-state index contributed by atoms with van der Waals surface area (Å²) >= 11 is 0. The largest absolute Gasteiger partial charge is 0.456 e. The van der Waals surface area contributed by atoms with E-state index in [2.05, 4.69) is 213 Å². The second-order valence-electron chi connectivity index (χ2n) is 20.3. The van der Waals surface area contributed by atoms with E-state index in [1.807, 2.05) is 24.3 Å². The number of fused-ring (bicyclic) bond motifs is 11. The van der Waals surface area contributed by atoms with Gasteiger partial charge in [0.15, 0.2) is 11.6 Å². The van der Waals surface area contributed by atoms with Crippen LogP contribution in [0.5, 0.6) is 0 Å². The lowest BCUT2D eigenvalue weighted by atomic mass is 9.82. The Morgan fingerprint density at radius 3 is 1.86 bits per heavy atom. The molecule has 3 aromatic heterocycles. The van der Waals surface area contributed by atoms with Crippen LogP contribution in [-0.4, -0.2) is 19.5 Å². The maximum Gasteiger partial charge on any atom is 0.238 e. The standard InChI is InChI=1S/C67H46N4O/c1-67(2)57-28-11-9-24-49(57)53-36-46(30-32-58(53)67)43-21-13-20-42(34-43)44-22-14-23-47(35-44)48-26-15-27-50-54-37-45(40-16-5-3-6-17-40)31-33-59(54)71(63(48)50)66-69-64(41-18-7-4-8-19-41)68-65(70-66)56-39-61-62(55-38-52(55)56)51-25-10-12-29-60(51)72-61/h3-37,39,52,55H,38H2,1-2H3. The molecule has 0 radical (unpaired) electrons. The van der Waals surface area contributed by atoms with Crippen LogP contribution < -0.4 is 0 Å². The SMILES string of the molecule is CC1(C)c2ccccc2-c2cc(-c3cccc(-c4cccc(-c5cccc6c7cc(-c8ccccc8)ccc7n(-c7nc(C8=Cc9oc%10ccccc%10c9C9CC89)nc(-c8ccccc8)n7)c56)c4)c3)ccc21. The summed E-state index contributed by atoms with van der Waals surface area (Å²) in [6.07, 6.45) is 3.23. The molecule has 72 heavy (non-hydrogen) atoms. The Hall–Kier alpha value is -8.93. The normalized spacial score (nSPS) is 16.1. The lowest BCUT2D eigenvalue weighted by Crippen LogP contribution is -2.14. The highest BCUT2D eigenvalue weighted by molar-refractivity contribution is 6.14.